The fourth-order valence-corrected chi connectivity index (χ4v) is 5.06. The van der Waals surface area contributed by atoms with Crippen molar-refractivity contribution in [2.24, 2.45) is 0 Å². The predicted molar refractivity (Wildman–Crippen MR) is 141 cm³/mol. The fraction of sp³-hybridized carbons (Fsp3) is 0.0385. The van der Waals surface area contributed by atoms with E-state index in [2.05, 4.69) is 9.99 Å². The molecule has 168 valence electrons. The van der Waals surface area contributed by atoms with Gasteiger partial charge in [-0.05, 0) is 54.2 Å². The summed E-state index contributed by atoms with van der Waals surface area (Å²) in [4.78, 5) is 26.0. The largest absolute Gasteiger partial charge is 0.342 e. The first-order valence-electron chi connectivity index (χ1n) is 10.5. The second-order valence-corrected chi connectivity index (χ2v) is 9.79. The lowest BCUT2D eigenvalue weighted by atomic mass is 10.1. The lowest BCUT2D eigenvalue weighted by molar-refractivity contribution is -0.123. The molecule has 3 aromatic carbocycles. The molecule has 1 N–H and O–H groups in total. The zero-order valence-corrected chi connectivity index (χ0v) is 20.2. The second-order valence-electron chi connectivity index (χ2n) is 7.68. The topological polar surface area (TPSA) is 54.3 Å². The number of hydrazine groups is 1. The zero-order valence-electron chi connectivity index (χ0n) is 17.8. The molecule has 0 radical (unpaired) electrons. The molecule has 5 rings (SSSR count). The Morgan fingerprint density at radius 1 is 1.00 bits per heavy atom. The fourth-order valence-electron chi connectivity index (χ4n) is 3.77. The molecule has 0 aliphatic carbocycles. The Hall–Kier alpha value is -3.39. The summed E-state index contributed by atoms with van der Waals surface area (Å²) >= 11 is 12.6. The number of thioether (sulfide) groups is 1. The minimum absolute atomic E-state index is 0.283. The highest BCUT2D eigenvalue weighted by molar-refractivity contribution is 8.26. The average molecular weight is 504 g/mol. The Labute approximate surface area is 211 Å². The third kappa shape index (κ3) is 4.50. The number of thiocarbonyl (C=S) groups is 1. The van der Waals surface area contributed by atoms with E-state index < -0.39 is 5.91 Å². The molecular weight excluding hydrogens is 486 g/mol. The van der Waals surface area contributed by atoms with Gasteiger partial charge in [-0.15, -0.1) is 0 Å². The van der Waals surface area contributed by atoms with Crippen LogP contribution in [0.5, 0.6) is 0 Å². The first-order valence-corrected chi connectivity index (χ1v) is 12.1. The van der Waals surface area contributed by atoms with Crippen molar-refractivity contribution in [3.8, 4) is 0 Å². The van der Waals surface area contributed by atoms with Crippen LogP contribution in [0.1, 0.15) is 21.5 Å². The van der Waals surface area contributed by atoms with E-state index in [1.165, 1.54) is 11.8 Å². The number of hydrogen-bond donors (Lipinski definition) is 1. The summed E-state index contributed by atoms with van der Waals surface area (Å²) in [6, 6.07) is 24.5. The normalized spacial score (nSPS) is 14.9. The monoisotopic (exact) mass is 503 g/mol. The molecule has 2 heterocycles. The number of halogens is 1. The van der Waals surface area contributed by atoms with Gasteiger partial charge < -0.3 is 4.57 Å². The molecule has 0 spiro atoms. The van der Waals surface area contributed by atoms with Crippen LogP contribution < -0.4 is 5.43 Å². The van der Waals surface area contributed by atoms with Crippen LogP contribution in [0, 0.1) is 0 Å². The third-order valence-corrected chi connectivity index (χ3v) is 6.97. The number of nitrogens with one attached hydrogen (secondary N) is 1. The second kappa shape index (κ2) is 9.46. The molecular formula is C26H18ClN3O2S2. The lowest BCUT2D eigenvalue weighted by Gasteiger charge is -2.15. The van der Waals surface area contributed by atoms with Crippen molar-refractivity contribution < 1.29 is 9.59 Å². The van der Waals surface area contributed by atoms with Crippen molar-refractivity contribution in [2.75, 3.05) is 0 Å². The van der Waals surface area contributed by atoms with Gasteiger partial charge in [0.05, 0.1) is 4.91 Å². The van der Waals surface area contributed by atoms with Crippen LogP contribution in [0.25, 0.3) is 17.0 Å². The Kier molecular flexibility index (Phi) is 6.24. The molecule has 4 aromatic rings. The van der Waals surface area contributed by atoms with E-state index in [-0.39, 0.29) is 10.2 Å². The van der Waals surface area contributed by atoms with Gasteiger partial charge in [0.15, 0.2) is 4.32 Å². The molecule has 8 heteroatoms. The summed E-state index contributed by atoms with van der Waals surface area (Å²) in [5.41, 5.74) is 6.14. The molecule has 0 bridgehead atoms. The number of hydrogen-bond acceptors (Lipinski definition) is 4. The summed E-state index contributed by atoms with van der Waals surface area (Å²) in [6.07, 6.45) is 3.85. The van der Waals surface area contributed by atoms with Gasteiger partial charge in [-0.1, -0.05) is 71.9 Å². The molecule has 1 saturated heterocycles. The molecule has 1 aromatic heterocycles. The van der Waals surface area contributed by atoms with Crippen molar-refractivity contribution in [2.45, 2.75) is 6.54 Å². The van der Waals surface area contributed by atoms with Crippen LogP contribution in [-0.2, 0) is 11.3 Å². The summed E-state index contributed by atoms with van der Waals surface area (Å²) in [5, 5.41) is 2.85. The number of nitrogens with zero attached hydrogens (tertiary/aromatic N) is 2. The Morgan fingerprint density at radius 2 is 1.71 bits per heavy atom. The molecule has 1 aliphatic rings. The standard InChI is InChI=1S/C26H18ClN3O2S2/c27-20-12-10-17(11-13-20)15-29-16-19(21-8-4-5-9-22(21)29)14-23-25(32)30(26(33)34-23)28-24(31)18-6-2-1-3-7-18/h1-14,16H,15H2,(H,28,31)/b23-14-. The molecule has 5 nitrogen and oxygen atoms in total. The summed E-state index contributed by atoms with van der Waals surface area (Å²) < 4.78 is 2.42. The van der Waals surface area contributed by atoms with E-state index in [9.17, 15) is 9.59 Å². The smallest absolute Gasteiger partial charge is 0.285 e. The molecule has 2 amide bonds. The number of amides is 2. The number of benzene rings is 3. The third-order valence-electron chi connectivity index (χ3n) is 5.42. The van der Waals surface area contributed by atoms with Gasteiger partial charge in [-0.25, -0.2) is 0 Å². The highest BCUT2D eigenvalue weighted by Gasteiger charge is 2.34. The Bertz CT molecular complexity index is 1450. The van der Waals surface area contributed by atoms with Gasteiger partial charge in [0.25, 0.3) is 11.8 Å². The number of para-hydroxylation sites is 1. The van der Waals surface area contributed by atoms with Gasteiger partial charge >= 0.3 is 0 Å². The maximum atomic E-state index is 13.1. The van der Waals surface area contributed by atoms with Crippen LogP contribution in [-0.4, -0.2) is 25.7 Å². The van der Waals surface area contributed by atoms with Gasteiger partial charge in [0.2, 0.25) is 0 Å². The maximum Gasteiger partial charge on any atom is 0.285 e. The lowest BCUT2D eigenvalue weighted by Crippen LogP contribution is -2.44. The summed E-state index contributed by atoms with van der Waals surface area (Å²) in [7, 11) is 0. The SMILES string of the molecule is O=C(NN1C(=O)/C(=C/c2cn(Cc3ccc(Cl)cc3)c3ccccc23)SC1=S)c1ccccc1. The van der Waals surface area contributed by atoms with Gasteiger partial charge in [0.1, 0.15) is 0 Å². The van der Waals surface area contributed by atoms with Crippen molar-refractivity contribution in [3.63, 3.8) is 0 Å². The molecule has 1 fully saturated rings. The average Bonchev–Trinajstić information content (AvgIpc) is 3.33. The van der Waals surface area contributed by atoms with Crippen molar-refractivity contribution in [1.82, 2.24) is 15.0 Å². The highest BCUT2D eigenvalue weighted by Crippen LogP contribution is 2.34. The van der Waals surface area contributed by atoms with Crippen molar-refractivity contribution in [1.29, 1.82) is 0 Å². The minimum Gasteiger partial charge on any atom is -0.342 e. The van der Waals surface area contributed by atoms with Crippen LogP contribution in [0.3, 0.4) is 0 Å². The van der Waals surface area contributed by atoms with Crippen LogP contribution in [0.15, 0.2) is 90.0 Å². The van der Waals surface area contributed by atoms with E-state index in [1.54, 1.807) is 24.3 Å². The van der Waals surface area contributed by atoms with E-state index in [0.29, 0.717) is 22.0 Å². The van der Waals surface area contributed by atoms with Crippen LogP contribution in [0.4, 0.5) is 0 Å². The number of rotatable bonds is 5. The van der Waals surface area contributed by atoms with E-state index in [0.717, 1.165) is 27.0 Å². The Balaban J connectivity index is 1.43. The number of aromatic nitrogens is 1. The number of carbonyl (C=O) groups excluding carboxylic acids is 2. The molecule has 34 heavy (non-hydrogen) atoms. The summed E-state index contributed by atoms with van der Waals surface area (Å²) in [6.45, 7) is 0.666. The van der Waals surface area contributed by atoms with Crippen LogP contribution >= 0.6 is 35.6 Å². The van der Waals surface area contributed by atoms with E-state index in [1.807, 2.05) is 66.9 Å². The van der Waals surface area contributed by atoms with Crippen LogP contribution in [0.2, 0.25) is 5.02 Å². The minimum atomic E-state index is -0.391. The zero-order chi connectivity index (χ0) is 23.7. The summed E-state index contributed by atoms with van der Waals surface area (Å²) in [5.74, 6) is -0.744. The Morgan fingerprint density at radius 3 is 2.47 bits per heavy atom. The van der Waals surface area contributed by atoms with Gasteiger partial charge in [-0.2, -0.15) is 5.01 Å². The predicted octanol–water partition coefficient (Wildman–Crippen LogP) is 5.89. The maximum absolute atomic E-state index is 13.1. The van der Waals surface area contributed by atoms with Crippen molar-refractivity contribution >= 4 is 68.7 Å². The van der Waals surface area contributed by atoms with Gasteiger partial charge in [0, 0.05) is 39.8 Å². The number of fused-ring (bicyclic) bond motifs is 1. The van der Waals surface area contributed by atoms with Crippen molar-refractivity contribution in [3.05, 3.63) is 112 Å². The first kappa shape index (κ1) is 22.4. The van der Waals surface area contributed by atoms with E-state index in [4.69, 9.17) is 23.8 Å². The molecule has 0 saturated carbocycles. The van der Waals surface area contributed by atoms with Gasteiger partial charge in [-0.3, -0.25) is 15.0 Å². The molecule has 0 atom stereocenters. The number of carbonyl (C=O) groups is 2. The molecule has 0 unspecified atom stereocenters. The first-order chi connectivity index (χ1) is 16.5. The molecule has 1 aliphatic heterocycles. The van der Waals surface area contributed by atoms with E-state index >= 15 is 0 Å². The quantitative estimate of drug-likeness (QED) is 0.272. The highest BCUT2D eigenvalue weighted by atomic mass is 35.5.